The van der Waals surface area contributed by atoms with Gasteiger partial charge in [-0.2, -0.15) is 13.2 Å². The smallest absolute Gasteiger partial charge is 0.416 e. The third-order valence-corrected chi connectivity index (χ3v) is 3.27. The predicted octanol–water partition coefficient (Wildman–Crippen LogP) is 4.94. The van der Waals surface area contributed by atoms with Gasteiger partial charge in [0, 0.05) is 15.6 Å². The number of benzene rings is 2. The highest BCUT2D eigenvalue weighted by molar-refractivity contribution is 9.10. The quantitative estimate of drug-likeness (QED) is 0.758. The van der Waals surface area contributed by atoms with Crippen molar-refractivity contribution in [1.82, 2.24) is 0 Å². The zero-order valence-electron chi connectivity index (χ0n) is 9.88. The molecule has 0 saturated carbocycles. The van der Waals surface area contributed by atoms with Crippen molar-refractivity contribution in [3.63, 3.8) is 0 Å². The van der Waals surface area contributed by atoms with Crippen molar-refractivity contribution in [2.24, 2.45) is 0 Å². The van der Waals surface area contributed by atoms with E-state index in [1.54, 1.807) is 24.3 Å². The minimum atomic E-state index is -4.39. The molecule has 0 heterocycles. The number of hydrogen-bond acceptors (Lipinski definition) is 1. The third kappa shape index (κ3) is 2.92. The molecule has 2 aromatic rings. The van der Waals surface area contributed by atoms with Gasteiger partial charge in [-0.25, -0.2) is 0 Å². The van der Waals surface area contributed by atoms with Gasteiger partial charge in [0.1, 0.15) is 5.75 Å². The number of hydrogen-bond donors (Lipinski definition) is 0. The van der Waals surface area contributed by atoms with Crippen LogP contribution in [0.15, 0.2) is 40.9 Å². The Kier molecular flexibility index (Phi) is 3.85. The van der Waals surface area contributed by atoms with Crippen molar-refractivity contribution >= 4 is 15.9 Å². The van der Waals surface area contributed by atoms with Crippen LogP contribution in [-0.2, 0) is 6.18 Å². The molecule has 0 aliphatic rings. The minimum absolute atomic E-state index is 0.396. The molecule has 99 valence electrons. The van der Waals surface area contributed by atoms with E-state index in [2.05, 4.69) is 22.0 Å². The topological polar surface area (TPSA) is 9.23 Å². The Morgan fingerprint density at radius 3 is 2.47 bits per heavy atom. The van der Waals surface area contributed by atoms with E-state index in [1.165, 1.54) is 7.11 Å². The highest BCUT2D eigenvalue weighted by atomic mass is 79.9. The summed E-state index contributed by atoms with van der Waals surface area (Å²) in [6, 6.07) is 11.5. The van der Waals surface area contributed by atoms with Gasteiger partial charge >= 0.3 is 6.18 Å². The Bertz CT molecular complexity index is 593. The molecule has 0 atom stereocenters. The first-order chi connectivity index (χ1) is 8.93. The highest BCUT2D eigenvalue weighted by Gasteiger charge is 2.31. The van der Waals surface area contributed by atoms with Crippen LogP contribution in [0.2, 0.25) is 0 Å². The second-order valence-corrected chi connectivity index (χ2v) is 4.61. The van der Waals surface area contributed by atoms with E-state index in [0.717, 1.165) is 12.1 Å². The Morgan fingerprint density at radius 1 is 1.16 bits per heavy atom. The molecule has 1 radical (unpaired) electrons. The average molecular weight is 330 g/mol. The van der Waals surface area contributed by atoms with Crippen LogP contribution >= 0.6 is 15.9 Å². The summed E-state index contributed by atoms with van der Waals surface area (Å²) in [5.41, 5.74) is 0.239. The lowest BCUT2D eigenvalue weighted by Gasteiger charge is -2.13. The first-order valence-corrected chi connectivity index (χ1v) is 6.14. The average Bonchev–Trinajstić information content (AvgIpc) is 2.38. The van der Waals surface area contributed by atoms with E-state index >= 15 is 0 Å². The fourth-order valence-corrected chi connectivity index (χ4v) is 2.15. The molecule has 19 heavy (non-hydrogen) atoms. The predicted molar refractivity (Wildman–Crippen MR) is 70.0 cm³/mol. The maximum Gasteiger partial charge on any atom is 0.416 e. The SMILES string of the molecule is COc1ccccc1-c1cc(C(F)(F)F)c[c]c1Br. The number of ether oxygens (including phenoxy) is 1. The van der Waals surface area contributed by atoms with Gasteiger partial charge in [-0.1, -0.05) is 18.2 Å². The summed E-state index contributed by atoms with van der Waals surface area (Å²) < 4.78 is 43.8. The Balaban J connectivity index is 2.61. The van der Waals surface area contributed by atoms with Crippen LogP contribution in [0.3, 0.4) is 0 Å². The number of methoxy groups -OCH3 is 1. The van der Waals surface area contributed by atoms with E-state index in [4.69, 9.17) is 4.74 Å². The van der Waals surface area contributed by atoms with Crippen molar-refractivity contribution in [1.29, 1.82) is 0 Å². The Hall–Kier alpha value is -1.49. The van der Waals surface area contributed by atoms with Gasteiger partial charge < -0.3 is 4.74 Å². The number of alkyl halides is 3. The van der Waals surface area contributed by atoms with Gasteiger partial charge in [0.25, 0.3) is 0 Å². The molecular formula is C14H9BrF3O. The van der Waals surface area contributed by atoms with Crippen LogP contribution in [0.1, 0.15) is 5.56 Å². The molecular weight excluding hydrogens is 321 g/mol. The lowest BCUT2D eigenvalue weighted by molar-refractivity contribution is -0.137. The summed E-state index contributed by atoms with van der Waals surface area (Å²) in [4.78, 5) is 0. The Labute approximate surface area is 117 Å². The van der Waals surface area contributed by atoms with Crippen LogP contribution in [0.25, 0.3) is 11.1 Å². The fraction of sp³-hybridized carbons (Fsp3) is 0.143. The molecule has 0 amide bonds. The highest BCUT2D eigenvalue weighted by Crippen LogP contribution is 2.38. The van der Waals surface area contributed by atoms with Crippen molar-refractivity contribution in [2.75, 3.05) is 7.11 Å². The molecule has 0 bridgehead atoms. The van der Waals surface area contributed by atoms with Crippen molar-refractivity contribution < 1.29 is 17.9 Å². The standard InChI is InChI=1S/C14H9BrF3O/c1-19-13-5-3-2-4-10(13)11-8-9(14(16,17)18)6-7-12(11)15/h2-6,8H,1H3. The molecule has 0 aromatic heterocycles. The van der Waals surface area contributed by atoms with Gasteiger partial charge in [0.15, 0.2) is 0 Å². The van der Waals surface area contributed by atoms with Crippen molar-refractivity contribution in [2.45, 2.75) is 6.18 Å². The molecule has 0 spiro atoms. The van der Waals surface area contributed by atoms with Crippen LogP contribution in [0.5, 0.6) is 5.75 Å². The van der Waals surface area contributed by atoms with E-state index in [9.17, 15) is 13.2 Å². The van der Waals surface area contributed by atoms with Gasteiger partial charge in [-0.05, 0) is 40.2 Å². The molecule has 2 aromatic carbocycles. The third-order valence-electron chi connectivity index (χ3n) is 2.62. The molecule has 0 N–H and O–H groups in total. The van der Waals surface area contributed by atoms with E-state index in [1.807, 2.05) is 0 Å². The van der Waals surface area contributed by atoms with Crippen molar-refractivity contribution in [3.05, 3.63) is 52.5 Å². The molecule has 0 aliphatic carbocycles. The molecule has 5 heteroatoms. The molecule has 1 nitrogen and oxygen atoms in total. The zero-order valence-corrected chi connectivity index (χ0v) is 11.5. The van der Waals surface area contributed by atoms with Gasteiger partial charge in [0.05, 0.1) is 12.7 Å². The minimum Gasteiger partial charge on any atom is -0.496 e. The molecule has 0 fully saturated rings. The van der Waals surface area contributed by atoms with Crippen LogP contribution in [-0.4, -0.2) is 7.11 Å². The van der Waals surface area contributed by atoms with Crippen molar-refractivity contribution in [3.8, 4) is 16.9 Å². The summed E-state index contributed by atoms with van der Waals surface area (Å²) in [6.45, 7) is 0. The van der Waals surface area contributed by atoms with E-state index in [0.29, 0.717) is 21.3 Å². The summed E-state index contributed by atoms with van der Waals surface area (Å²) in [5, 5.41) is 0. The maximum atomic E-state index is 12.7. The summed E-state index contributed by atoms with van der Waals surface area (Å²) in [6.07, 6.45) is -4.39. The van der Waals surface area contributed by atoms with Gasteiger partial charge in [-0.15, -0.1) is 0 Å². The Morgan fingerprint density at radius 2 is 1.84 bits per heavy atom. The van der Waals surface area contributed by atoms with Crippen LogP contribution < -0.4 is 4.74 Å². The lowest BCUT2D eigenvalue weighted by atomic mass is 10.0. The fourth-order valence-electron chi connectivity index (χ4n) is 1.71. The van der Waals surface area contributed by atoms with E-state index in [-0.39, 0.29) is 0 Å². The zero-order chi connectivity index (χ0) is 14.0. The monoisotopic (exact) mass is 329 g/mol. The molecule has 0 saturated heterocycles. The van der Waals surface area contributed by atoms with Crippen LogP contribution in [0, 0.1) is 6.07 Å². The largest absolute Gasteiger partial charge is 0.496 e. The first-order valence-electron chi connectivity index (χ1n) is 5.35. The number of rotatable bonds is 2. The number of para-hydroxylation sites is 1. The molecule has 0 aliphatic heterocycles. The van der Waals surface area contributed by atoms with E-state index < -0.39 is 11.7 Å². The molecule has 2 rings (SSSR count). The summed E-state index contributed by atoms with van der Waals surface area (Å²) >= 11 is 3.22. The first kappa shape index (κ1) is 13.9. The molecule has 0 unspecified atom stereocenters. The summed E-state index contributed by atoms with van der Waals surface area (Å²) in [7, 11) is 1.48. The normalized spacial score (nSPS) is 11.4. The maximum absolute atomic E-state index is 12.7. The summed E-state index contributed by atoms with van der Waals surface area (Å²) in [5.74, 6) is 0.510. The van der Waals surface area contributed by atoms with Crippen LogP contribution in [0.4, 0.5) is 13.2 Å². The van der Waals surface area contributed by atoms with Gasteiger partial charge in [-0.3, -0.25) is 0 Å². The number of halogens is 4. The lowest BCUT2D eigenvalue weighted by Crippen LogP contribution is -2.05. The van der Waals surface area contributed by atoms with Gasteiger partial charge in [0.2, 0.25) is 0 Å². The second-order valence-electron chi connectivity index (χ2n) is 3.81. The second kappa shape index (κ2) is 5.25.